The van der Waals surface area contributed by atoms with Crippen molar-refractivity contribution >= 4 is 0 Å². The Kier molecular flexibility index (Phi) is 2.10. The van der Waals surface area contributed by atoms with Crippen molar-refractivity contribution < 1.29 is 5.11 Å². The van der Waals surface area contributed by atoms with E-state index in [9.17, 15) is 5.11 Å². The molecule has 2 rings (SSSR count). The third-order valence-corrected chi connectivity index (χ3v) is 2.78. The summed E-state index contributed by atoms with van der Waals surface area (Å²) in [6.45, 7) is 2.84. The van der Waals surface area contributed by atoms with E-state index in [1.807, 2.05) is 18.2 Å². The van der Waals surface area contributed by atoms with Crippen LogP contribution in [0.25, 0.3) is 0 Å². The van der Waals surface area contributed by atoms with Gasteiger partial charge in [0, 0.05) is 12.1 Å². The van der Waals surface area contributed by atoms with E-state index in [4.69, 9.17) is 0 Å². The molecule has 0 aromatic heterocycles. The van der Waals surface area contributed by atoms with Crippen molar-refractivity contribution in [2.45, 2.75) is 25.0 Å². The maximum Gasteiger partial charge on any atom is 0.0685 e. The third-order valence-electron chi connectivity index (χ3n) is 2.78. The fourth-order valence-electron chi connectivity index (χ4n) is 1.98. The Bertz CT molecular complexity index is 285. The monoisotopic (exact) mass is 177 g/mol. The van der Waals surface area contributed by atoms with Gasteiger partial charge in [-0.15, -0.1) is 0 Å². The minimum absolute atomic E-state index is 0.0410. The molecule has 0 bridgehead atoms. The van der Waals surface area contributed by atoms with Crippen LogP contribution < -0.4 is 5.32 Å². The molecule has 0 spiro atoms. The first-order chi connectivity index (χ1) is 6.21. The Morgan fingerprint density at radius 3 is 2.62 bits per heavy atom. The lowest BCUT2D eigenvalue weighted by molar-refractivity contribution is 0.186. The van der Waals surface area contributed by atoms with Crippen molar-refractivity contribution in [3.8, 4) is 0 Å². The average Bonchev–Trinajstić information content (AvgIpc) is 2.49. The summed E-state index contributed by atoms with van der Waals surface area (Å²) < 4.78 is 0. The van der Waals surface area contributed by atoms with Crippen molar-refractivity contribution in [2.75, 3.05) is 6.54 Å². The van der Waals surface area contributed by atoms with Crippen LogP contribution in [0.2, 0.25) is 0 Å². The first-order valence-corrected chi connectivity index (χ1v) is 4.69. The van der Waals surface area contributed by atoms with E-state index < -0.39 is 0 Å². The summed E-state index contributed by atoms with van der Waals surface area (Å²) in [6.07, 6.45) is 0.599. The molecule has 1 heterocycles. The molecule has 0 aliphatic carbocycles. The van der Waals surface area contributed by atoms with Crippen LogP contribution in [0, 0.1) is 0 Å². The van der Waals surface area contributed by atoms with Crippen molar-refractivity contribution in [3.63, 3.8) is 0 Å². The molecule has 1 aromatic rings. The predicted octanol–water partition coefficient (Wildman–Crippen LogP) is 1.26. The van der Waals surface area contributed by atoms with Crippen LogP contribution >= 0.6 is 0 Å². The van der Waals surface area contributed by atoms with E-state index >= 15 is 0 Å². The maximum atomic E-state index is 9.46. The van der Waals surface area contributed by atoms with Gasteiger partial charge < -0.3 is 10.4 Å². The van der Waals surface area contributed by atoms with E-state index in [0.717, 1.165) is 6.42 Å². The third kappa shape index (κ3) is 1.60. The van der Waals surface area contributed by atoms with Crippen molar-refractivity contribution in [3.05, 3.63) is 35.9 Å². The molecule has 0 saturated carbocycles. The number of benzene rings is 1. The van der Waals surface area contributed by atoms with Gasteiger partial charge in [0.15, 0.2) is 0 Å². The maximum absolute atomic E-state index is 9.46. The van der Waals surface area contributed by atoms with Crippen molar-refractivity contribution in [1.82, 2.24) is 5.32 Å². The van der Waals surface area contributed by atoms with Gasteiger partial charge in [-0.3, -0.25) is 0 Å². The predicted molar refractivity (Wildman–Crippen MR) is 52.4 cm³/mol. The second-order valence-electron chi connectivity index (χ2n) is 3.94. The van der Waals surface area contributed by atoms with Gasteiger partial charge in [-0.05, 0) is 18.9 Å². The molecule has 2 heteroatoms. The quantitative estimate of drug-likeness (QED) is 0.676. The Balaban J connectivity index is 2.26. The highest BCUT2D eigenvalue weighted by molar-refractivity contribution is 5.25. The van der Waals surface area contributed by atoms with Gasteiger partial charge in [0.05, 0.1) is 6.10 Å². The van der Waals surface area contributed by atoms with Crippen LogP contribution in [0.4, 0.5) is 0 Å². The molecule has 70 valence electrons. The fraction of sp³-hybridized carbons (Fsp3) is 0.455. The second kappa shape index (κ2) is 3.13. The smallest absolute Gasteiger partial charge is 0.0685 e. The summed E-state index contributed by atoms with van der Waals surface area (Å²) in [4.78, 5) is 0. The number of nitrogens with one attached hydrogen (secondary N) is 1. The summed E-state index contributed by atoms with van der Waals surface area (Å²) in [7, 11) is 0. The van der Waals surface area contributed by atoms with Crippen LogP contribution in [-0.2, 0) is 5.54 Å². The van der Waals surface area contributed by atoms with Crippen LogP contribution in [0.1, 0.15) is 18.9 Å². The second-order valence-corrected chi connectivity index (χ2v) is 3.94. The Morgan fingerprint density at radius 1 is 1.38 bits per heavy atom. The molecule has 1 fully saturated rings. The highest BCUT2D eigenvalue weighted by atomic mass is 16.3. The minimum Gasteiger partial charge on any atom is -0.392 e. The molecule has 13 heavy (non-hydrogen) atoms. The molecule has 1 aliphatic heterocycles. The van der Waals surface area contributed by atoms with E-state index in [1.165, 1.54) is 5.56 Å². The molecule has 1 aromatic carbocycles. The van der Waals surface area contributed by atoms with Gasteiger partial charge in [0.25, 0.3) is 0 Å². The zero-order chi connectivity index (χ0) is 9.31. The molecule has 2 nitrogen and oxygen atoms in total. The molecule has 0 unspecified atom stereocenters. The Morgan fingerprint density at radius 2 is 2.08 bits per heavy atom. The first kappa shape index (κ1) is 8.73. The zero-order valence-electron chi connectivity index (χ0n) is 7.83. The highest BCUT2D eigenvalue weighted by Gasteiger charge is 2.34. The largest absolute Gasteiger partial charge is 0.392 e. The number of β-amino-alcohol motifs (C(OH)–C–C–N with tert-alkyl or cyclic N) is 1. The van der Waals surface area contributed by atoms with Crippen LogP contribution in [0.5, 0.6) is 0 Å². The lowest BCUT2D eigenvalue weighted by Crippen LogP contribution is -2.32. The normalized spacial score (nSPS) is 33.5. The summed E-state index contributed by atoms with van der Waals surface area (Å²) in [5.41, 5.74) is 1.22. The molecule has 1 aliphatic rings. The topological polar surface area (TPSA) is 32.3 Å². The van der Waals surface area contributed by atoms with E-state index in [0.29, 0.717) is 6.54 Å². The SMILES string of the molecule is C[C@@]1(c2ccccc2)C[C@H](O)CN1. The number of rotatable bonds is 1. The van der Waals surface area contributed by atoms with Crippen molar-refractivity contribution in [1.29, 1.82) is 0 Å². The van der Waals surface area contributed by atoms with Gasteiger partial charge in [-0.2, -0.15) is 0 Å². The lowest BCUT2D eigenvalue weighted by Gasteiger charge is -2.24. The molecule has 0 radical (unpaired) electrons. The number of aliphatic hydroxyl groups is 1. The number of hydrogen-bond acceptors (Lipinski definition) is 2. The summed E-state index contributed by atoms with van der Waals surface area (Å²) in [5, 5.41) is 12.8. The average molecular weight is 177 g/mol. The first-order valence-electron chi connectivity index (χ1n) is 4.69. The summed E-state index contributed by atoms with van der Waals surface area (Å²) in [6, 6.07) is 10.3. The Hall–Kier alpha value is -0.860. The lowest BCUT2D eigenvalue weighted by atomic mass is 9.90. The van der Waals surface area contributed by atoms with Gasteiger partial charge in [0.2, 0.25) is 0 Å². The standard InChI is InChI=1S/C11H15NO/c1-11(7-10(13)8-12-11)9-5-3-2-4-6-9/h2-6,10,12-13H,7-8H2,1H3/t10-,11-/m0/s1. The van der Waals surface area contributed by atoms with Crippen LogP contribution in [0.3, 0.4) is 0 Å². The number of hydrogen-bond donors (Lipinski definition) is 2. The highest BCUT2D eigenvalue weighted by Crippen LogP contribution is 2.29. The molecular weight excluding hydrogens is 162 g/mol. The van der Waals surface area contributed by atoms with Gasteiger partial charge in [0.1, 0.15) is 0 Å². The van der Waals surface area contributed by atoms with E-state index in [2.05, 4.69) is 24.4 Å². The zero-order valence-corrected chi connectivity index (χ0v) is 7.83. The van der Waals surface area contributed by atoms with E-state index in [-0.39, 0.29) is 11.6 Å². The molecule has 0 amide bonds. The van der Waals surface area contributed by atoms with Gasteiger partial charge >= 0.3 is 0 Å². The van der Waals surface area contributed by atoms with E-state index in [1.54, 1.807) is 0 Å². The Labute approximate surface area is 78.6 Å². The molecule has 2 N–H and O–H groups in total. The van der Waals surface area contributed by atoms with Gasteiger partial charge in [-0.1, -0.05) is 30.3 Å². The molecular formula is C11H15NO. The summed E-state index contributed by atoms with van der Waals surface area (Å²) >= 11 is 0. The minimum atomic E-state index is -0.204. The van der Waals surface area contributed by atoms with Crippen molar-refractivity contribution in [2.24, 2.45) is 0 Å². The van der Waals surface area contributed by atoms with Crippen LogP contribution in [0.15, 0.2) is 30.3 Å². The summed E-state index contributed by atoms with van der Waals surface area (Å²) in [5.74, 6) is 0. The number of aliphatic hydroxyl groups excluding tert-OH is 1. The fourth-order valence-corrected chi connectivity index (χ4v) is 1.98. The molecule has 2 atom stereocenters. The molecule has 1 saturated heterocycles. The van der Waals surface area contributed by atoms with Gasteiger partial charge in [-0.25, -0.2) is 0 Å². The van der Waals surface area contributed by atoms with Crippen LogP contribution in [-0.4, -0.2) is 17.8 Å².